The third-order valence-corrected chi connectivity index (χ3v) is 3.44. The minimum atomic E-state index is 0.232. The third kappa shape index (κ3) is 2.20. The molecule has 2 heterocycles. The number of nitrogens with two attached hydrogens (primary N) is 1. The fourth-order valence-corrected chi connectivity index (χ4v) is 2.36. The molecule has 2 unspecified atom stereocenters. The van der Waals surface area contributed by atoms with Crippen LogP contribution in [-0.4, -0.2) is 35.8 Å². The maximum Gasteiger partial charge on any atom is 0.137 e. The lowest BCUT2D eigenvalue weighted by molar-refractivity contribution is 0.118. The first-order valence-corrected chi connectivity index (χ1v) is 5.96. The molecule has 2 atom stereocenters. The van der Waals surface area contributed by atoms with E-state index in [1.54, 1.807) is 0 Å². The van der Waals surface area contributed by atoms with Crippen LogP contribution in [0.15, 0.2) is 0 Å². The topological polar surface area (TPSA) is 64.3 Å². The molecule has 0 saturated carbocycles. The van der Waals surface area contributed by atoms with Gasteiger partial charge in [0, 0.05) is 19.2 Å². The summed E-state index contributed by atoms with van der Waals surface area (Å²) in [4.78, 5) is 10.8. The van der Waals surface area contributed by atoms with Gasteiger partial charge in [0.05, 0.1) is 12.1 Å². The minimum Gasteiger partial charge on any atom is -0.383 e. The van der Waals surface area contributed by atoms with Crippen molar-refractivity contribution in [1.29, 1.82) is 0 Å². The summed E-state index contributed by atoms with van der Waals surface area (Å²) in [7, 11) is 2.05. The van der Waals surface area contributed by atoms with Crippen molar-refractivity contribution >= 4 is 11.6 Å². The molecule has 0 amide bonds. The zero-order valence-corrected chi connectivity index (χ0v) is 10.9. The standard InChI is InChI=1S/C12H20N4O/c1-7-11(13)14-9(3)15-12(7)16(4)10-5-6-17-8(10)2/h8,10H,5-6H2,1-4H3,(H2,13,14,15). The summed E-state index contributed by atoms with van der Waals surface area (Å²) in [6.45, 7) is 6.73. The number of nitrogens with zero attached hydrogens (tertiary/aromatic N) is 3. The van der Waals surface area contributed by atoms with Crippen LogP contribution in [0.25, 0.3) is 0 Å². The predicted octanol–water partition coefficient (Wildman–Crippen LogP) is 1.29. The van der Waals surface area contributed by atoms with Gasteiger partial charge in [-0.1, -0.05) is 0 Å². The largest absolute Gasteiger partial charge is 0.383 e. The molecule has 0 spiro atoms. The fraction of sp³-hybridized carbons (Fsp3) is 0.667. The van der Waals surface area contributed by atoms with E-state index in [0.717, 1.165) is 24.4 Å². The van der Waals surface area contributed by atoms with Crippen LogP contribution in [0.5, 0.6) is 0 Å². The van der Waals surface area contributed by atoms with Gasteiger partial charge < -0.3 is 15.4 Å². The number of nitrogen functional groups attached to an aromatic ring is 1. The Bertz CT molecular complexity index is 421. The third-order valence-electron chi connectivity index (χ3n) is 3.44. The highest BCUT2D eigenvalue weighted by Gasteiger charge is 2.29. The summed E-state index contributed by atoms with van der Waals surface area (Å²) < 4.78 is 5.59. The second kappa shape index (κ2) is 4.49. The van der Waals surface area contributed by atoms with Gasteiger partial charge in [0.2, 0.25) is 0 Å². The second-order valence-corrected chi connectivity index (χ2v) is 4.65. The molecule has 1 fully saturated rings. The molecule has 0 radical (unpaired) electrons. The molecular weight excluding hydrogens is 216 g/mol. The van der Waals surface area contributed by atoms with E-state index in [4.69, 9.17) is 10.5 Å². The summed E-state index contributed by atoms with van der Waals surface area (Å²) in [5, 5.41) is 0. The Hall–Kier alpha value is -1.36. The van der Waals surface area contributed by atoms with Crippen molar-refractivity contribution in [3.63, 3.8) is 0 Å². The van der Waals surface area contributed by atoms with Gasteiger partial charge in [-0.05, 0) is 27.2 Å². The maximum absolute atomic E-state index is 5.88. The van der Waals surface area contributed by atoms with Gasteiger partial charge >= 0.3 is 0 Å². The van der Waals surface area contributed by atoms with Gasteiger partial charge in [0.1, 0.15) is 17.5 Å². The highest BCUT2D eigenvalue weighted by atomic mass is 16.5. The molecule has 1 aliphatic heterocycles. The zero-order valence-electron chi connectivity index (χ0n) is 10.9. The van der Waals surface area contributed by atoms with E-state index in [-0.39, 0.29) is 6.10 Å². The minimum absolute atomic E-state index is 0.232. The quantitative estimate of drug-likeness (QED) is 0.838. The molecule has 5 nitrogen and oxygen atoms in total. The smallest absolute Gasteiger partial charge is 0.137 e. The Morgan fingerprint density at radius 2 is 2.06 bits per heavy atom. The van der Waals surface area contributed by atoms with E-state index >= 15 is 0 Å². The number of hydrogen-bond acceptors (Lipinski definition) is 5. The van der Waals surface area contributed by atoms with Gasteiger partial charge in [0.25, 0.3) is 0 Å². The van der Waals surface area contributed by atoms with E-state index in [9.17, 15) is 0 Å². The van der Waals surface area contributed by atoms with Gasteiger partial charge in [-0.15, -0.1) is 0 Å². The lowest BCUT2D eigenvalue weighted by atomic mass is 10.1. The summed E-state index contributed by atoms with van der Waals surface area (Å²) >= 11 is 0. The number of likely N-dealkylation sites (N-methyl/N-ethyl adjacent to an activating group) is 1. The fourth-order valence-electron chi connectivity index (χ4n) is 2.36. The van der Waals surface area contributed by atoms with Crippen molar-refractivity contribution in [3.8, 4) is 0 Å². The number of ether oxygens (including phenoxy) is 1. The molecule has 17 heavy (non-hydrogen) atoms. The molecule has 0 bridgehead atoms. The molecule has 1 saturated heterocycles. The van der Waals surface area contributed by atoms with Crippen molar-refractivity contribution in [3.05, 3.63) is 11.4 Å². The van der Waals surface area contributed by atoms with E-state index in [1.807, 2.05) is 20.9 Å². The number of aromatic nitrogens is 2. The SMILES string of the molecule is Cc1nc(N)c(C)c(N(C)C2CCOC2C)n1. The molecule has 2 rings (SSSR count). The van der Waals surface area contributed by atoms with Crippen LogP contribution in [0.4, 0.5) is 11.6 Å². The van der Waals surface area contributed by atoms with Crippen LogP contribution in [0, 0.1) is 13.8 Å². The van der Waals surface area contributed by atoms with Gasteiger partial charge in [0.15, 0.2) is 0 Å². The number of anilines is 2. The summed E-state index contributed by atoms with van der Waals surface area (Å²) in [6.07, 6.45) is 1.26. The molecule has 94 valence electrons. The van der Waals surface area contributed by atoms with E-state index < -0.39 is 0 Å². The predicted molar refractivity (Wildman–Crippen MR) is 68.1 cm³/mol. The molecular formula is C12H20N4O. The van der Waals surface area contributed by atoms with Crippen LogP contribution in [-0.2, 0) is 4.74 Å². The highest BCUT2D eigenvalue weighted by Crippen LogP contribution is 2.27. The van der Waals surface area contributed by atoms with Crippen molar-refractivity contribution in [2.24, 2.45) is 0 Å². The molecule has 0 aliphatic carbocycles. The summed E-state index contributed by atoms with van der Waals surface area (Å²) in [5.41, 5.74) is 6.83. The van der Waals surface area contributed by atoms with Gasteiger partial charge in [-0.2, -0.15) is 0 Å². The van der Waals surface area contributed by atoms with Crippen LogP contribution >= 0.6 is 0 Å². The van der Waals surface area contributed by atoms with Crippen molar-refractivity contribution < 1.29 is 4.74 Å². The van der Waals surface area contributed by atoms with E-state index in [2.05, 4.69) is 21.8 Å². The first kappa shape index (κ1) is 12.1. The second-order valence-electron chi connectivity index (χ2n) is 4.65. The maximum atomic E-state index is 5.88. The lowest BCUT2D eigenvalue weighted by Crippen LogP contribution is -2.38. The number of aryl methyl sites for hydroxylation is 1. The molecule has 5 heteroatoms. The van der Waals surface area contributed by atoms with Crippen molar-refractivity contribution in [1.82, 2.24) is 9.97 Å². The summed E-state index contributed by atoms with van der Waals surface area (Å²) in [5.74, 6) is 2.18. The number of rotatable bonds is 2. The molecule has 1 aromatic heterocycles. The van der Waals surface area contributed by atoms with Crippen LogP contribution in [0.3, 0.4) is 0 Å². The normalized spacial score (nSPS) is 24.0. The van der Waals surface area contributed by atoms with Crippen molar-refractivity contribution in [2.45, 2.75) is 39.3 Å². The van der Waals surface area contributed by atoms with Crippen LogP contribution in [0.1, 0.15) is 24.7 Å². The van der Waals surface area contributed by atoms with Gasteiger partial charge in [-0.25, -0.2) is 9.97 Å². The zero-order chi connectivity index (χ0) is 12.6. The molecule has 1 aromatic rings. The average molecular weight is 236 g/mol. The molecule has 2 N–H and O–H groups in total. The highest BCUT2D eigenvalue weighted by molar-refractivity contribution is 5.56. The average Bonchev–Trinajstić information content (AvgIpc) is 2.69. The molecule has 1 aliphatic rings. The van der Waals surface area contributed by atoms with Crippen LogP contribution in [0.2, 0.25) is 0 Å². The molecule has 0 aromatic carbocycles. The summed E-state index contributed by atoms with van der Waals surface area (Å²) in [6, 6.07) is 0.363. The number of hydrogen-bond donors (Lipinski definition) is 1. The Morgan fingerprint density at radius 1 is 1.35 bits per heavy atom. The monoisotopic (exact) mass is 236 g/mol. The van der Waals surface area contributed by atoms with Crippen molar-refractivity contribution in [2.75, 3.05) is 24.3 Å². The van der Waals surface area contributed by atoms with Crippen LogP contribution < -0.4 is 10.6 Å². The van der Waals surface area contributed by atoms with E-state index in [0.29, 0.717) is 17.7 Å². The Balaban J connectivity index is 2.33. The Kier molecular flexibility index (Phi) is 3.19. The lowest BCUT2D eigenvalue weighted by Gasteiger charge is -2.29. The first-order chi connectivity index (χ1) is 8.00. The Morgan fingerprint density at radius 3 is 2.65 bits per heavy atom. The first-order valence-electron chi connectivity index (χ1n) is 5.96. The van der Waals surface area contributed by atoms with E-state index in [1.165, 1.54) is 0 Å². The Labute approximate surface area is 102 Å². The van der Waals surface area contributed by atoms with Gasteiger partial charge in [-0.3, -0.25) is 0 Å².